The van der Waals surface area contributed by atoms with Gasteiger partial charge in [0.1, 0.15) is 5.01 Å². The summed E-state index contributed by atoms with van der Waals surface area (Å²) in [4.78, 5) is 5.06. The lowest BCUT2D eigenvalue weighted by atomic mass is 10.6. The third-order valence-electron chi connectivity index (χ3n) is 1.17. The molecule has 0 radical (unpaired) electrons. The molecule has 2 aromatic heterocycles. The summed E-state index contributed by atoms with van der Waals surface area (Å²) in [5, 5.41) is 9.87. The van der Waals surface area contributed by atoms with E-state index in [2.05, 4.69) is 15.2 Å². The lowest BCUT2D eigenvalue weighted by Crippen LogP contribution is -1.70. The van der Waals surface area contributed by atoms with Gasteiger partial charge in [-0.2, -0.15) is 0 Å². The lowest BCUT2D eigenvalue weighted by molar-refractivity contribution is 1.05. The molecular formula is C6H5N3S2. The van der Waals surface area contributed by atoms with Gasteiger partial charge >= 0.3 is 0 Å². The Kier molecular flexibility index (Phi) is 1.67. The first-order valence-electron chi connectivity index (χ1n) is 3.05. The predicted octanol–water partition coefficient (Wildman–Crippen LogP) is 1.97. The van der Waals surface area contributed by atoms with Crippen LogP contribution in [0.15, 0.2) is 11.7 Å². The fourth-order valence-corrected chi connectivity index (χ4v) is 2.08. The zero-order valence-electron chi connectivity index (χ0n) is 5.81. The molecule has 0 N–H and O–H groups in total. The van der Waals surface area contributed by atoms with Crippen LogP contribution in [0.25, 0.3) is 9.88 Å². The fraction of sp³-hybridized carbons (Fsp3) is 0.167. The molecule has 0 spiro atoms. The molecule has 5 heteroatoms. The van der Waals surface area contributed by atoms with E-state index in [1.807, 2.05) is 13.1 Å². The molecule has 56 valence electrons. The SMILES string of the molecule is Cc1nnc(-c2cncs2)s1. The van der Waals surface area contributed by atoms with E-state index in [-0.39, 0.29) is 0 Å². The van der Waals surface area contributed by atoms with Crippen molar-refractivity contribution in [1.29, 1.82) is 0 Å². The van der Waals surface area contributed by atoms with Crippen molar-refractivity contribution in [1.82, 2.24) is 15.2 Å². The molecule has 2 rings (SSSR count). The van der Waals surface area contributed by atoms with Crippen molar-refractivity contribution in [3.05, 3.63) is 16.7 Å². The van der Waals surface area contributed by atoms with Gasteiger partial charge in [-0.25, -0.2) is 0 Å². The highest BCUT2D eigenvalue weighted by Crippen LogP contribution is 2.25. The van der Waals surface area contributed by atoms with Gasteiger partial charge in [0.05, 0.1) is 10.4 Å². The van der Waals surface area contributed by atoms with Crippen molar-refractivity contribution in [2.24, 2.45) is 0 Å². The van der Waals surface area contributed by atoms with Crippen LogP contribution in [0.2, 0.25) is 0 Å². The van der Waals surface area contributed by atoms with Crippen LogP contribution in [-0.2, 0) is 0 Å². The van der Waals surface area contributed by atoms with E-state index in [4.69, 9.17) is 0 Å². The van der Waals surface area contributed by atoms with E-state index in [0.717, 1.165) is 14.9 Å². The molecule has 0 atom stereocenters. The van der Waals surface area contributed by atoms with Crippen LogP contribution in [0.1, 0.15) is 5.01 Å². The molecule has 0 unspecified atom stereocenters. The summed E-state index contributed by atoms with van der Waals surface area (Å²) in [6, 6.07) is 0. The standard InChI is InChI=1S/C6H5N3S2/c1-4-8-9-6(11-4)5-2-7-3-10-5/h2-3H,1H3. The molecule has 0 bridgehead atoms. The second kappa shape index (κ2) is 2.67. The van der Waals surface area contributed by atoms with Crippen molar-refractivity contribution >= 4 is 22.7 Å². The van der Waals surface area contributed by atoms with Gasteiger partial charge in [-0.3, -0.25) is 4.98 Å². The first-order chi connectivity index (χ1) is 5.36. The Balaban J connectivity index is 2.45. The average Bonchev–Trinajstić information content (AvgIpc) is 2.55. The Bertz CT molecular complexity index is 338. The van der Waals surface area contributed by atoms with Crippen LogP contribution in [0.3, 0.4) is 0 Å². The zero-order valence-corrected chi connectivity index (χ0v) is 7.45. The van der Waals surface area contributed by atoms with Crippen LogP contribution in [0, 0.1) is 6.92 Å². The number of aryl methyl sites for hydroxylation is 1. The molecule has 0 aliphatic heterocycles. The van der Waals surface area contributed by atoms with Gasteiger partial charge in [-0.05, 0) is 6.92 Å². The summed E-state index contributed by atoms with van der Waals surface area (Å²) in [7, 11) is 0. The van der Waals surface area contributed by atoms with Crippen molar-refractivity contribution in [2.75, 3.05) is 0 Å². The molecule has 2 heterocycles. The van der Waals surface area contributed by atoms with Crippen LogP contribution in [0.5, 0.6) is 0 Å². The first kappa shape index (κ1) is 6.87. The number of hydrogen-bond acceptors (Lipinski definition) is 5. The quantitative estimate of drug-likeness (QED) is 0.678. The molecule has 3 nitrogen and oxygen atoms in total. The molecule has 0 aliphatic carbocycles. The summed E-state index contributed by atoms with van der Waals surface area (Å²) in [6.07, 6.45) is 1.81. The smallest absolute Gasteiger partial charge is 0.159 e. The third-order valence-corrected chi connectivity index (χ3v) is 2.95. The van der Waals surface area contributed by atoms with E-state index >= 15 is 0 Å². The van der Waals surface area contributed by atoms with Crippen molar-refractivity contribution < 1.29 is 0 Å². The van der Waals surface area contributed by atoms with E-state index in [1.165, 1.54) is 0 Å². The second-order valence-corrected chi connectivity index (χ2v) is 4.06. The molecule has 0 saturated carbocycles. The molecule has 2 aromatic rings. The number of thiazole rings is 1. The van der Waals surface area contributed by atoms with Crippen LogP contribution in [-0.4, -0.2) is 15.2 Å². The molecule has 0 aliphatic rings. The summed E-state index contributed by atoms with van der Waals surface area (Å²) in [5.41, 5.74) is 1.80. The van der Waals surface area contributed by atoms with Gasteiger partial charge in [0.2, 0.25) is 0 Å². The van der Waals surface area contributed by atoms with Crippen molar-refractivity contribution in [3.8, 4) is 9.88 Å². The lowest BCUT2D eigenvalue weighted by Gasteiger charge is -1.80. The molecule has 11 heavy (non-hydrogen) atoms. The Morgan fingerprint density at radius 1 is 1.36 bits per heavy atom. The highest BCUT2D eigenvalue weighted by atomic mass is 32.1. The average molecular weight is 183 g/mol. The highest BCUT2D eigenvalue weighted by molar-refractivity contribution is 7.20. The number of rotatable bonds is 1. The maximum atomic E-state index is 4.00. The van der Waals surface area contributed by atoms with Crippen molar-refractivity contribution in [3.63, 3.8) is 0 Å². The van der Waals surface area contributed by atoms with E-state index in [9.17, 15) is 0 Å². The van der Waals surface area contributed by atoms with E-state index in [1.54, 1.807) is 28.2 Å². The summed E-state index contributed by atoms with van der Waals surface area (Å²) < 4.78 is 0. The summed E-state index contributed by atoms with van der Waals surface area (Å²) in [5.74, 6) is 0. The fourth-order valence-electron chi connectivity index (χ4n) is 0.718. The van der Waals surface area contributed by atoms with E-state index < -0.39 is 0 Å². The molecule has 0 saturated heterocycles. The van der Waals surface area contributed by atoms with Gasteiger partial charge < -0.3 is 0 Å². The molecule has 0 amide bonds. The van der Waals surface area contributed by atoms with Crippen molar-refractivity contribution in [2.45, 2.75) is 6.92 Å². The van der Waals surface area contributed by atoms with Gasteiger partial charge in [-0.1, -0.05) is 11.3 Å². The predicted molar refractivity (Wildman–Crippen MR) is 45.8 cm³/mol. The Morgan fingerprint density at radius 2 is 2.27 bits per heavy atom. The molecule has 0 fully saturated rings. The maximum absolute atomic E-state index is 4.00. The summed E-state index contributed by atoms with van der Waals surface area (Å²) in [6.45, 7) is 1.95. The Morgan fingerprint density at radius 3 is 2.82 bits per heavy atom. The van der Waals surface area contributed by atoms with Crippen LogP contribution in [0.4, 0.5) is 0 Å². The van der Waals surface area contributed by atoms with E-state index in [0.29, 0.717) is 0 Å². The van der Waals surface area contributed by atoms with Gasteiger partial charge in [0.15, 0.2) is 5.01 Å². The highest BCUT2D eigenvalue weighted by Gasteiger charge is 2.03. The molecule has 0 aromatic carbocycles. The van der Waals surface area contributed by atoms with Crippen LogP contribution >= 0.6 is 22.7 Å². The molecular weight excluding hydrogens is 178 g/mol. The number of hydrogen-bond donors (Lipinski definition) is 0. The summed E-state index contributed by atoms with van der Waals surface area (Å²) >= 11 is 3.18. The maximum Gasteiger partial charge on any atom is 0.159 e. The second-order valence-electron chi connectivity index (χ2n) is 1.99. The normalized spacial score (nSPS) is 10.3. The Hall–Kier alpha value is -0.810. The topological polar surface area (TPSA) is 38.7 Å². The monoisotopic (exact) mass is 183 g/mol. The largest absolute Gasteiger partial charge is 0.252 e. The Labute approximate surface area is 71.8 Å². The first-order valence-corrected chi connectivity index (χ1v) is 4.75. The van der Waals surface area contributed by atoms with Crippen LogP contribution < -0.4 is 0 Å². The van der Waals surface area contributed by atoms with Gasteiger partial charge in [-0.15, -0.1) is 21.5 Å². The minimum Gasteiger partial charge on any atom is -0.252 e. The minimum atomic E-state index is 0.963. The number of aromatic nitrogens is 3. The minimum absolute atomic E-state index is 0.963. The van der Waals surface area contributed by atoms with Gasteiger partial charge in [0, 0.05) is 6.20 Å². The zero-order chi connectivity index (χ0) is 7.68. The van der Waals surface area contributed by atoms with Gasteiger partial charge in [0.25, 0.3) is 0 Å². The third kappa shape index (κ3) is 1.29. The number of nitrogens with zero attached hydrogens (tertiary/aromatic N) is 3.